The molecule has 6 nitrogen and oxygen atoms in total. The quantitative estimate of drug-likeness (QED) is 0.826. The van der Waals surface area contributed by atoms with Crippen LogP contribution in [0.5, 0.6) is 5.75 Å². The number of hydrogen-bond acceptors (Lipinski definition) is 5. The molecule has 1 aromatic heterocycles. The third-order valence-electron chi connectivity index (χ3n) is 4.59. The first-order valence-electron chi connectivity index (χ1n) is 8.56. The Morgan fingerprint density at radius 3 is 2.73 bits per heavy atom. The van der Waals surface area contributed by atoms with E-state index in [4.69, 9.17) is 4.74 Å². The van der Waals surface area contributed by atoms with Crippen LogP contribution in [0.4, 0.5) is 5.69 Å². The highest BCUT2D eigenvalue weighted by molar-refractivity contribution is 7.11. The molecular formula is C19H23N3O3S. The van der Waals surface area contributed by atoms with Crippen LogP contribution in [0, 0.1) is 13.8 Å². The zero-order valence-corrected chi connectivity index (χ0v) is 16.3. The highest BCUT2D eigenvalue weighted by atomic mass is 32.1. The summed E-state index contributed by atoms with van der Waals surface area (Å²) in [5.74, 6) is 0.527. The lowest BCUT2D eigenvalue weighted by molar-refractivity contribution is -0.138. The van der Waals surface area contributed by atoms with Crippen LogP contribution in [0.25, 0.3) is 0 Å². The van der Waals surface area contributed by atoms with Crippen LogP contribution >= 0.6 is 11.3 Å². The van der Waals surface area contributed by atoms with E-state index in [9.17, 15) is 9.59 Å². The van der Waals surface area contributed by atoms with Gasteiger partial charge in [0.2, 0.25) is 11.8 Å². The number of thiazole rings is 1. The number of anilines is 1. The van der Waals surface area contributed by atoms with E-state index in [1.807, 2.05) is 45.0 Å². The lowest BCUT2D eigenvalue weighted by Crippen LogP contribution is -2.57. The smallest absolute Gasteiger partial charge is 0.246 e. The summed E-state index contributed by atoms with van der Waals surface area (Å²) in [5, 5.41) is 0.954. The largest absolute Gasteiger partial charge is 0.495 e. The van der Waals surface area contributed by atoms with E-state index in [0.29, 0.717) is 18.7 Å². The van der Waals surface area contributed by atoms with Crippen molar-refractivity contribution < 1.29 is 14.3 Å². The molecule has 1 saturated heterocycles. The van der Waals surface area contributed by atoms with Gasteiger partial charge in [0.1, 0.15) is 12.3 Å². The molecule has 7 heteroatoms. The molecule has 138 valence electrons. The number of para-hydroxylation sites is 2. The molecule has 0 saturated carbocycles. The topological polar surface area (TPSA) is 62.7 Å². The van der Waals surface area contributed by atoms with E-state index in [1.165, 1.54) is 0 Å². The molecule has 1 atom stereocenters. The fourth-order valence-corrected chi connectivity index (χ4v) is 4.18. The molecular weight excluding hydrogens is 350 g/mol. The van der Waals surface area contributed by atoms with Crippen molar-refractivity contribution in [1.82, 2.24) is 9.88 Å². The van der Waals surface area contributed by atoms with E-state index in [2.05, 4.69) is 4.98 Å². The number of hydrogen-bond donors (Lipinski definition) is 0. The molecule has 0 N–H and O–H groups in total. The number of aryl methyl sites for hydroxylation is 2. The average molecular weight is 373 g/mol. The van der Waals surface area contributed by atoms with Crippen LogP contribution in [0.1, 0.15) is 22.5 Å². The number of amides is 2. The van der Waals surface area contributed by atoms with E-state index >= 15 is 0 Å². The van der Waals surface area contributed by atoms with Gasteiger partial charge in [0.15, 0.2) is 0 Å². The van der Waals surface area contributed by atoms with Gasteiger partial charge in [-0.05, 0) is 32.9 Å². The van der Waals surface area contributed by atoms with Gasteiger partial charge < -0.3 is 14.5 Å². The van der Waals surface area contributed by atoms with Crippen molar-refractivity contribution in [2.75, 3.05) is 25.1 Å². The van der Waals surface area contributed by atoms with Gasteiger partial charge in [0.05, 0.1) is 29.9 Å². The van der Waals surface area contributed by atoms with Crippen LogP contribution in [-0.4, -0.2) is 47.9 Å². The van der Waals surface area contributed by atoms with Crippen LogP contribution in [-0.2, 0) is 16.0 Å². The Hall–Kier alpha value is -2.41. The minimum atomic E-state index is -0.0989. The van der Waals surface area contributed by atoms with Crippen LogP contribution in [0.3, 0.4) is 0 Å². The zero-order valence-electron chi connectivity index (χ0n) is 15.5. The van der Waals surface area contributed by atoms with Crippen molar-refractivity contribution in [2.45, 2.75) is 33.2 Å². The molecule has 26 heavy (non-hydrogen) atoms. The van der Waals surface area contributed by atoms with Crippen molar-refractivity contribution in [3.63, 3.8) is 0 Å². The second-order valence-corrected chi connectivity index (χ2v) is 7.75. The number of piperazine rings is 1. The first kappa shape index (κ1) is 18.4. The van der Waals surface area contributed by atoms with Gasteiger partial charge in [-0.3, -0.25) is 9.59 Å². The Bertz CT molecular complexity index is 833. The fraction of sp³-hybridized carbons (Fsp3) is 0.421. The Labute approximate surface area is 157 Å². The highest BCUT2D eigenvalue weighted by Crippen LogP contribution is 2.30. The van der Waals surface area contributed by atoms with Gasteiger partial charge in [-0.15, -0.1) is 11.3 Å². The molecule has 2 heterocycles. The maximum absolute atomic E-state index is 12.8. The Kier molecular flexibility index (Phi) is 5.27. The third kappa shape index (κ3) is 3.58. The number of carbonyl (C=O) groups is 2. The van der Waals surface area contributed by atoms with Crippen LogP contribution in [0.15, 0.2) is 24.3 Å². The number of nitrogens with zero attached hydrogens (tertiary/aromatic N) is 3. The van der Waals surface area contributed by atoms with Gasteiger partial charge >= 0.3 is 0 Å². The molecule has 0 spiro atoms. The van der Waals surface area contributed by atoms with E-state index in [0.717, 1.165) is 21.3 Å². The lowest BCUT2D eigenvalue weighted by Gasteiger charge is -2.39. The molecule has 0 aliphatic carbocycles. The maximum atomic E-state index is 12.8. The predicted octanol–water partition coefficient (Wildman–Crippen LogP) is 2.57. The van der Waals surface area contributed by atoms with Gasteiger partial charge in [-0.1, -0.05) is 12.1 Å². The first-order valence-corrected chi connectivity index (χ1v) is 9.38. The standard InChI is InChI=1S/C19H23N3O3S/c1-12-10-22(15-7-5-6-8-16(15)25-4)19(24)11-21(12)18(23)9-17-13(2)20-14(3)26-17/h5-8,12H,9-11H2,1-4H3. The second-order valence-electron chi connectivity index (χ2n) is 6.47. The summed E-state index contributed by atoms with van der Waals surface area (Å²) in [4.78, 5) is 34.2. The predicted molar refractivity (Wildman–Crippen MR) is 102 cm³/mol. The van der Waals surface area contributed by atoms with Gasteiger partial charge in [0.25, 0.3) is 0 Å². The number of ether oxygens (including phenoxy) is 1. The number of carbonyl (C=O) groups excluding carboxylic acids is 2. The average Bonchev–Trinajstić information content (AvgIpc) is 2.93. The summed E-state index contributed by atoms with van der Waals surface area (Å²) in [6.07, 6.45) is 0.295. The maximum Gasteiger partial charge on any atom is 0.246 e. The summed E-state index contributed by atoms with van der Waals surface area (Å²) in [5.41, 5.74) is 1.64. The van der Waals surface area contributed by atoms with E-state index in [-0.39, 0.29) is 24.4 Å². The molecule has 3 rings (SSSR count). The molecule has 1 unspecified atom stereocenters. The summed E-state index contributed by atoms with van der Waals surface area (Å²) in [7, 11) is 1.59. The molecule has 1 aliphatic heterocycles. The van der Waals surface area contributed by atoms with Crippen molar-refractivity contribution in [2.24, 2.45) is 0 Å². The number of methoxy groups -OCH3 is 1. The molecule has 0 bridgehead atoms. The number of aromatic nitrogens is 1. The monoisotopic (exact) mass is 373 g/mol. The SMILES string of the molecule is COc1ccccc1N1CC(C)N(C(=O)Cc2sc(C)nc2C)CC1=O. The van der Waals surface area contributed by atoms with Crippen molar-refractivity contribution in [3.05, 3.63) is 39.8 Å². The summed E-state index contributed by atoms with van der Waals surface area (Å²) in [6, 6.07) is 7.38. The van der Waals surface area contributed by atoms with Crippen molar-refractivity contribution >= 4 is 28.8 Å². The van der Waals surface area contributed by atoms with Crippen LogP contribution in [0.2, 0.25) is 0 Å². The molecule has 1 fully saturated rings. The fourth-order valence-electron chi connectivity index (χ4n) is 3.25. The minimum absolute atomic E-state index is 0.0303. The molecule has 2 aromatic rings. The van der Waals surface area contributed by atoms with Crippen LogP contribution < -0.4 is 9.64 Å². The van der Waals surface area contributed by atoms with Crippen molar-refractivity contribution in [3.8, 4) is 5.75 Å². The van der Waals surface area contributed by atoms with Gasteiger partial charge in [-0.2, -0.15) is 0 Å². The second kappa shape index (κ2) is 7.45. The Balaban J connectivity index is 1.75. The third-order valence-corrected chi connectivity index (χ3v) is 5.67. The molecule has 2 amide bonds. The first-order chi connectivity index (χ1) is 12.4. The van der Waals surface area contributed by atoms with E-state index < -0.39 is 0 Å². The Morgan fingerprint density at radius 2 is 2.08 bits per heavy atom. The van der Waals surface area contributed by atoms with Gasteiger partial charge in [0, 0.05) is 17.5 Å². The lowest BCUT2D eigenvalue weighted by atomic mass is 10.1. The molecule has 1 aliphatic rings. The summed E-state index contributed by atoms with van der Waals surface area (Å²) >= 11 is 1.54. The normalized spacial score (nSPS) is 17.5. The zero-order chi connectivity index (χ0) is 18.8. The van der Waals surface area contributed by atoms with Gasteiger partial charge in [-0.25, -0.2) is 4.98 Å². The Morgan fingerprint density at radius 1 is 1.35 bits per heavy atom. The highest BCUT2D eigenvalue weighted by Gasteiger charge is 2.34. The number of benzene rings is 1. The minimum Gasteiger partial charge on any atom is -0.495 e. The molecule has 0 radical (unpaired) electrons. The van der Waals surface area contributed by atoms with Crippen molar-refractivity contribution in [1.29, 1.82) is 0 Å². The summed E-state index contributed by atoms with van der Waals surface area (Å²) < 4.78 is 5.37. The molecule has 1 aromatic carbocycles. The van der Waals surface area contributed by atoms with E-state index in [1.54, 1.807) is 28.2 Å². The summed E-state index contributed by atoms with van der Waals surface area (Å²) in [6.45, 7) is 6.35. The number of rotatable bonds is 4.